The van der Waals surface area contributed by atoms with E-state index < -0.39 is 0 Å². The Bertz CT molecular complexity index is 1010. The fourth-order valence-electron chi connectivity index (χ4n) is 2.11. The molecule has 2 heterocycles. The minimum Gasteiger partial charge on any atom is -0.315 e. The van der Waals surface area contributed by atoms with Gasteiger partial charge in [-0.15, -0.1) is 11.3 Å². The lowest BCUT2D eigenvalue weighted by atomic mass is 10.2. The third kappa shape index (κ3) is 3.23. The number of nitrogens with one attached hydrogen (secondary N) is 1. The molecule has 1 N–H and O–H groups in total. The van der Waals surface area contributed by atoms with E-state index >= 15 is 0 Å². The number of rotatable bonds is 4. The highest BCUT2D eigenvalue weighted by molar-refractivity contribution is 7.99. The Balaban J connectivity index is 2.02. The molecule has 0 radical (unpaired) electrons. The largest absolute Gasteiger partial charge is 0.315 e. The lowest BCUT2D eigenvalue weighted by Crippen LogP contribution is -2.11. The molecule has 0 atom stereocenters. The van der Waals surface area contributed by atoms with Crippen molar-refractivity contribution >= 4 is 23.1 Å². The summed E-state index contributed by atoms with van der Waals surface area (Å²) in [6.07, 6.45) is 0. The van der Waals surface area contributed by atoms with Crippen LogP contribution < -0.4 is 5.56 Å². The molecule has 2 aromatic heterocycles. The minimum atomic E-state index is -0.316. The molecule has 116 valence electrons. The molecule has 7 heteroatoms. The van der Waals surface area contributed by atoms with E-state index in [0.717, 1.165) is 23.0 Å². The van der Waals surface area contributed by atoms with E-state index in [1.54, 1.807) is 0 Å². The Labute approximate surface area is 146 Å². The molecule has 0 aliphatic heterocycles. The number of aromatic amines is 1. The smallest absolute Gasteiger partial charge is 0.259 e. The van der Waals surface area contributed by atoms with Gasteiger partial charge in [-0.05, 0) is 6.07 Å². The molecule has 5 nitrogen and oxygen atoms in total. The van der Waals surface area contributed by atoms with E-state index in [2.05, 4.69) is 16.0 Å². The molecule has 0 spiro atoms. The maximum absolute atomic E-state index is 12.3. The number of thiazole rings is 1. The highest BCUT2D eigenvalue weighted by atomic mass is 32.2. The molecule has 0 aliphatic carbocycles. The van der Waals surface area contributed by atoms with Crippen LogP contribution in [0.2, 0.25) is 0 Å². The first-order valence-corrected chi connectivity index (χ1v) is 8.78. The second-order valence-corrected chi connectivity index (χ2v) is 6.56. The van der Waals surface area contributed by atoms with Crippen molar-refractivity contribution in [3.63, 3.8) is 0 Å². The van der Waals surface area contributed by atoms with Gasteiger partial charge in [0.15, 0.2) is 0 Å². The quantitative estimate of drug-likeness (QED) is 0.725. The normalized spacial score (nSPS) is 10.1. The number of aromatic nitrogens is 2. The van der Waals surface area contributed by atoms with Crippen molar-refractivity contribution in [3.05, 3.63) is 57.7 Å². The van der Waals surface area contributed by atoms with E-state index in [4.69, 9.17) is 5.26 Å². The van der Waals surface area contributed by atoms with Gasteiger partial charge in [0.1, 0.15) is 11.1 Å². The van der Waals surface area contributed by atoms with Crippen LogP contribution in [0.4, 0.5) is 0 Å². The number of nitriles is 2. The number of hydrogen-bond acceptors (Lipinski definition) is 6. The zero-order chi connectivity index (χ0) is 16.9. The topological polar surface area (TPSA) is 93.3 Å². The van der Waals surface area contributed by atoms with Crippen molar-refractivity contribution in [1.82, 2.24) is 9.97 Å². The molecule has 0 fully saturated rings. The van der Waals surface area contributed by atoms with Gasteiger partial charge in [0.05, 0.1) is 33.7 Å². The van der Waals surface area contributed by atoms with Crippen LogP contribution in [0.25, 0.3) is 21.8 Å². The van der Waals surface area contributed by atoms with E-state index in [9.17, 15) is 10.1 Å². The Kier molecular flexibility index (Phi) is 4.76. The van der Waals surface area contributed by atoms with Gasteiger partial charge in [0.25, 0.3) is 5.56 Å². The number of nitrogens with zero attached hydrogens (tertiary/aromatic N) is 3. The summed E-state index contributed by atoms with van der Waals surface area (Å²) in [6.45, 7) is 0. The fraction of sp³-hybridized carbons (Fsp3) is 0.0588. The summed E-state index contributed by atoms with van der Waals surface area (Å²) in [5.41, 5.74) is 2.14. The van der Waals surface area contributed by atoms with Gasteiger partial charge in [-0.2, -0.15) is 10.5 Å². The van der Waals surface area contributed by atoms with Crippen LogP contribution in [0.5, 0.6) is 0 Å². The number of hydrogen-bond donors (Lipinski definition) is 1. The monoisotopic (exact) mass is 350 g/mol. The highest BCUT2D eigenvalue weighted by Gasteiger charge is 2.14. The van der Waals surface area contributed by atoms with E-state index in [1.165, 1.54) is 17.4 Å². The maximum atomic E-state index is 12.3. The first-order valence-electron chi connectivity index (χ1n) is 6.91. The second kappa shape index (κ2) is 7.14. The average Bonchev–Trinajstić information content (AvgIpc) is 3.10. The molecule has 0 saturated heterocycles. The highest BCUT2D eigenvalue weighted by Crippen LogP contribution is 2.28. The van der Waals surface area contributed by atoms with Crippen molar-refractivity contribution in [2.75, 3.05) is 5.75 Å². The van der Waals surface area contributed by atoms with Gasteiger partial charge in [0.2, 0.25) is 0 Å². The van der Waals surface area contributed by atoms with Crippen LogP contribution in [0.1, 0.15) is 5.56 Å². The zero-order valence-electron chi connectivity index (χ0n) is 12.3. The number of pyridine rings is 1. The summed E-state index contributed by atoms with van der Waals surface area (Å²) in [6, 6.07) is 15.2. The molecule has 24 heavy (non-hydrogen) atoms. The molecule has 0 amide bonds. The van der Waals surface area contributed by atoms with Crippen LogP contribution in [-0.4, -0.2) is 15.7 Å². The van der Waals surface area contributed by atoms with Crippen molar-refractivity contribution in [1.29, 1.82) is 10.5 Å². The van der Waals surface area contributed by atoms with Crippen molar-refractivity contribution in [3.8, 4) is 34.0 Å². The average molecular weight is 350 g/mol. The van der Waals surface area contributed by atoms with Crippen LogP contribution in [-0.2, 0) is 0 Å². The van der Waals surface area contributed by atoms with E-state index in [-0.39, 0.29) is 11.3 Å². The fourth-order valence-corrected chi connectivity index (χ4v) is 3.59. The Morgan fingerprint density at radius 1 is 1.25 bits per heavy atom. The molecule has 3 rings (SSSR count). The Morgan fingerprint density at radius 3 is 2.75 bits per heavy atom. The lowest BCUT2D eigenvalue weighted by molar-refractivity contribution is 1.06. The minimum absolute atomic E-state index is 0.166. The van der Waals surface area contributed by atoms with Gasteiger partial charge < -0.3 is 4.98 Å². The first-order chi connectivity index (χ1) is 11.7. The van der Waals surface area contributed by atoms with Gasteiger partial charge in [0, 0.05) is 10.9 Å². The standard InChI is InChI=1S/C17H10N4OS2/c18-6-7-23-16-12(9-19)8-13(15(22)21-16)17-20-14(10-24-17)11-4-2-1-3-5-11/h1-5,8,10H,7H2,(H,21,22). The van der Waals surface area contributed by atoms with Gasteiger partial charge in [-0.1, -0.05) is 42.1 Å². The van der Waals surface area contributed by atoms with Crippen LogP contribution in [0.3, 0.4) is 0 Å². The number of H-pyrrole nitrogens is 1. The predicted molar refractivity (Wildman–Crippen MR) is 94.7 cm³/mol. The molecule has 1 aromatic carbocycles. The van der Waals surface area contributed by atoms with E-state index in [0.29, 0.717) is 21.2 Å². The molecule has 0 bridgehead atoms. The third-order valence-electron chi connectivity index (χ3n) is 3.21. The summed E-state index contributed by atoms with van der Waals surface area (Å²) >= 11 is 2.49. The number of thioether (sulfide) groups is 1. The lowest BCUT2D eigenvalue weighted by Gasteiger charge is -2.03. The summed E-state index contributed by atoms with van der Waals surface area (Å²) in [5.74, 6) is 0.166. The maximum Gasteiger partial charge on any atom is 0.259 e. The summed E-state index contributed by atoms with van der Waals surface area (Å²) < 4.78 is 0. The van der Waals surface area contributed by atoms with Crippen molar-refractivity contribution in [2.45, 2.75) is 5.03 Å². The van der Waals surface area contributed by atoms with Crippen LogP contribution >= 0.6 is 23.1 Å². The van der Waals surface area contributed by atoms with Gasteiger partial charge in [-0.3, -0.25) is 4.79 Å². The molecule has 0 unspecified atom stereocenters. The summed E-state index contributed by atoms with van der Waals surface area (Å²) in [7, 11) is 0. The van der Waals surface area contributed by atoms with Crippen LogP contribution in [0.15, 0.2) is 51.6 Å². The molecular formula is C17H10N4OS2. The SMILES string of the molecule is N#CCSc1[nH]c(=O)c(-c2nc(-c3ccccc3)cs2)cc1C#N. The summed E-state index contributed by atoms with van der Waals surface area (Å²) in [5, 5.41) is 20.8. The van der Waals surface area contributed by atoms with Gasteiger partial charge >= 0.3 is 0 Å². The molecule has 3 aromatic rings. The summed E-state index contributed by atoms with van der Waals surface area (Å²) in [4.78, 5) is 19.5. The third-order valence-corrected chi connectivity index (χ3v) is 4.97. The molecular weight excluding hydrogens is 340 g/mol. The predicted octanol–water partition coefficient (Wildman–Crippen LogP) is 3.65. The van der Waals surface area contributed by atoms with Crippen molar-refractivity contribution in [2.24, 2.45) is 0 Å². The van der Waals surface area contributed by atoms with Crippen LogP contribution in [0, 0.1) is 22.7 Å². The Hall–Kier alpha value is -2.87. The molecule has 0 saturated carbocycles. The Morgan fingerprint density at radius 2 is 2.04 bits per heavy atom. The van der Waals surface area contributed by atoms with Crippen molar-refractivity contribution < 1.29 is 0 Å². The zero-order valence-corrected chi connectivity index (χ0v) is 13.9. The number of benzene rings is 1. The first kappa shape index (κ1) is 16.0. The second-order valence-electron chi connectivity index (χ2n) is 4.72. The molecule has 0 aliphatic rings. The van der Waals surface area contributed by atoms with E-state index in [1.807, 2.05) is 41.8 Å². The van der Waals surface area contributed by atoms with Gasteiger partial charge in [-0.25, -0.2) is 4.98 Å².